The summed E-state index contributed by atoms with van der Waals surface area (Å²) in [6.45, 7) is 6.12. The normalized spacial score (nSPS) is 12.7. The fraction of sp³-hybridized carbons (Fsp3) is 0.385. The Kier molecular flexibility index (Phi) is 3.54. The molecular formula is C13H17N3S. The van der Waals surface area contributed by atoms with Gasteiger partial charge in [-0.1, -0.05) is 6.92 Å². The number of aromatic nitrogens is 2. The Morgan fingerprint density at radius 2 is 2.06 bits per heavy atom. The fourth-order valence-corrected chi connectivity index (χ4v) is 2.75. The van der Waals surface area contributed by atoms with Crippen LogP contribution in [0.1, 0.15) is 39.7 Å². The highest BCUT2D eigenvalue weighted by Gasteiger charge is 2.15. The third-order valence-corrected chi connectivity index (χ3v) is 3.85. The molecule has 2 heterocycles. The number of nitrogens with zero attached hydrogens (tertiary/aromatic N) is 2. The van der Waals surface area contributed by atoms with E-state index in [0.29, 0.717) is 0 Å². The zero-order valence-corrected chi connectivity index (χ0v) is 11.2. The number of nitrogens with two attached hydrogens (primary N) is 1. The molecule has 0 saturated carbocycles. The summed E-state index contributed by atoms with van der Waals surface area (Å²) in [5.41, 5.74) is 9.33. The van der Waals surface area contributed by atoms with Gasteiger partial charge in [-0.05, 0) is 44.0 Å². The summed E-state index contributed by atoms with van der Waals surface area (Å²) in [7, 11) is 0. The molecule has 0 aliphatic carbocycles. The first-order chi connectivity index (χ1) is 8.11. The molecule has 0 fully saturated rings. The van der Waals surface area contributed by atoms with Crippen LogP contribution in [0.5, 0.6) is 0 Å². The molecule has 2 aromatic heterocycles. The number of aryl methyl sites for hydroxylation is 3. The van der Waals surface area contributed by atoms with Crippen molar-refractivity contribution in [1.29, 1.82) is 0 Å². The lowest BCUT2D eigenvalue weighted by molar-refractivity contribution is 0.799. The Bertz CT molecular complexity index is 519. The molecular weight excluding hydrogens is 230 g/mol. The van der Waals surface area contributed by atoms with Crippen molar-refractivity contribution >= 4 is 11.3 Å². The molecule has 2 N–H and O–H groups in total. The van der Waals surface area contributed by atoms with Crippen molar-refractivity contribution in [2.45, 2.75) is 33.2 Å². The van der Waals surface area contributed by atoms with E-state index in [-0.39, 0.29) is 6.04 Å². The first-order valence-electron chi connectivity index (χ1n) is 5.76. The molecule has 0 spiro atoms. The van der Waals surface area contributed by atoms with E-state index in [4.69, 9.17) is 5.73 Å². The number of rotatable bonds is 3. The lowest BCUT2D eigenvalue weighted by Gasteiger charge is -2.13. The maximum Gasteiger partial charge on any atom is 0.0679 e. The molecule has 2 aromatic rings. The Balaban J connectivity index is 2.42. The number of hydrogen-bond donors (Lipinski definition) is 1. The Hall–Kier alpha value is -1.26. The van der Waals surface area contributed by atoms with Crippen LogP contribution < -0.4 is 5.73 Å². The molecule has 0 saturated heterocycles. The van der Waals surface area contributed by atoms with Crippen LogP contribution >= 0.6 is 11.3 Å². The van der Waals surface area contributed by atoms with Gasteiger partial charge in [0.2, 0.25) is 0 Å². The molecule has 0 amide bonds. The Morgan fingerprint density at radius 1 is 1.29 bits per heavy atom. The molecule has 1 atom stereocenters. The fourth-order valence-electron chi connectivity index (χ4n) is 1.85. The van der Waals surface area contributed by atoms with Crippen molar-refractivity contribution in [2.24, 2.45) is 5.73 Å². The minimum atomic E-state index is -0.0853. The zero-order chi connectivity index (χ0) is 12.4. The zero-order valence-electron chi connectivity index (χ0n) is 10.4. The third kappa shape index (κ3) is 2.53. The Labute approximate surface area is 106 Å². The lowest BCUT2D eigenvalue weighted by atomic mass is 10.0. The highest BCUT2D eigenvalue weighted by atomic mass is 32.1. The van der Waals surface area contributed by atoms with Crippen molar-refractivity contribution in [3.63, 3.8) is 0 Å². The van der Waals surface area contributed by atoms with Crippen LogP contribution in [0, 0.1) is 13.8 Å². The van der Waals surface area contributed by atoms with E-state index in [1.54, 1.807) is 11.3 Å². The van der Waals surface area contributed by atoms with Crippen LogP contribution in [-0.4, -0.2) is 10.2 Å². The van der Waals surface area contributed by atoms with Crippen molar-refractivity contribution in [2.75, 3.05) is 0 Å². The summed E-state index contributed by atoms with van der Waals surface area (Å²) in [5.74, 6) is 0. The van der Waals surface area contributed by atoms with Crippen molar-refractivity contribution in [3.05, 3.63) is 44.9 Å². The van der Waals surface area contributed by atoms with E-state index in [1.807, 2.05) is 13.0 Å². The molecule has 0 aromatic carbocycles. The van der Waals surface area contributed by atoms with Gasteiger partial charge in [-0.2, -0.15) is 10.2 Å². The third-order valence-electron chi connectivity index (χ3n) is 2.76. The molecule has 1 unspecified atom stereocenters. The van der Waals surface area contributed by atoms with Crippen LogP contribution in [-0.2, 0) is 6.42 Å². The van der Waals surface area contributed by atoms with E-state index in [2.05, 4.69) is 36.2 Å². The second-order valence-electron chi connectivity index (χ2n) is 4.17. The summed E-state index contributed by atoms with van der Waals surface area (Å²) in [6, 6.07) is 6.16. The quantitative estimate of drug-likeness (QED) is 0.907. The standard InChI is InChI=1S/C13H17N3S/c1-4-11-10(7-8(2)15-16-11)13(14)12-6-5-9(3)17-12/h5-7,13H,4,14H2,1-3H3. The summed E-state index contributed by atoms with van der Waals surface area (Å²) in [4.78, 5) is 2.47. The van der Waals surface area contributed by atoms with Crippen LogP contribution in [0.3, 0.4) is 0 Å². The van der Waals surface area contributed by atoms with Gasteiger partial charge in [0.05, 0.1) is 17.4 Å². The molecule has 0 aliphatic heterocycles. The minimum Gasteiger partial charge on any atom is -0.320 e. The number of thiophene rings is 1. The molecule has 3 nitrogen and oxygen atoms in total. The van der Waals surface area contributed by atoms with Gasteiger partial charge in [-0.3, -0.25) is 0 Å². The van der Waals surface area contributed by atoms with Gasteiger partial charge in [0, 0.05) is 9.75 Å². The van der Waals surface area contributed by atoms with Gasteiger partial charge >= 0.3 is 0 Å². The summed E-state index contributed by atoms with van der Waals surface area (Å²) < 4.78 is 0. The van der Waals surface area contributed by atoms with E-state index in [9.17, 15) is 0 Å². The lowest BCUT2D eigenvalue weighted by Crippen LogP contribution is -2.14. The summed E-state index contributed by atoms with van der Waals surface area (Å²) in [5, 5.41) is 8.31. The molecule has 0 aliphatic rings. The molecule has 17 heavy (non-hydrogen) atoms. The van der Waals surface area contributed by atoms with Crippen molar-refractivity contribution < 1.29 is 0 Å². The average Bonchev–Trinajstić information content (AvgIpc) is 2.75. The van der Waals surface area contributed by atoms with Gasteiger partial charge in [-0.25, -0.2) is 0 Å². The maximum absolute atomic E-state index is 6.32. The largest absolute Gasteiger partial charge is 0.320 e. The van der Waals surface area contributed by atoms with Crippen LogP contribution in [0.2, 0.25) is 0 Å². The van der Waals surface area contributed by atoms with Gasteiger partial charge < -0.3 is 5.73 Å². The van der Waals surface area contributed by atoms with Crippen LogP contribution in [0.4, 0.5) is 0 Å². The maximum atomic E-state index is 6.32. The van der Waals surface area contributed by atoms with E-state index < -0.39 is 0 Å². The first kappa shape index (κ1) is 12.2. The predicted octanol–water partition coefficient (Wildman–Crippen LogP) is 2.77. The summed E-state index contributed by atoms with van der Waals surface area (Å²) >= 11 is 1.74. The molecule has 0 bridgehead atoms. The molecule has 90 valence electrons. The van der Waals surface area contributed by atoms with Gasteiger partial charge in [0.1, 0.15) is 0 Å². The average molecular weight is 247 g/mol. The van der Waals surface area contributed by atoms with Crippen molar-refractivity contribution in [1.82, 2.24) is 10.2 Å². The molecule has 2 rings (SSSR count). The Morgan fingerprint density at radius 3 is 2.65 bits per heavy atom. The van der Waals surface area contributed by atoms with E-state index in [1.165, 1.54) is 9.75 Å². The highest BCUT2D eigenvalue weighted by Crippen LogP contribution is 2.28. The SMILES string of the molecule is CCc1nnc(C)cc1C(N)c1ccc(C)s1. The van der Waals surface area contributed by atoms with Gasteiger partial charge in [0.25, 0.3) is 0 Å². The monoisotopic (exact) mass is 247 g/mol. The minimum absolute atomic E-state index is 0.0853. The molecule has 0 radical (unpaired) electrons. The summed E-state index contributed by atoms with van der Waals surface area (Å²) in [6.07, 6.45) is 0.862. The van der Waals surface area contributed by atoms with Gasteiger partial charge in [-0.15, -0.1) is 11.3 Å². The van der Waals surface area contributed by atoms with E-state index in [0.717, 1.165) is 23.4 Å². The number of hydrogen-bond acceptors (Lipinski definition) is 4. The second kappa shape index (κ2) is 4.94. The van der Waals surface area contributed by atoms with Crippen LogP contribution in [0.25, 0.3) is 0 Å². The smallest absolute Gasteiger partial charge is 0.0679 e. The van der Waals surface area contributed by atoms with Crippen molar-refractivity contribution in [3.8, 4) is 0 Å². The highest BCUT2D eigenvalue weighted by molar-refractivity contribution is 7.12. The van der Waals surface area contributed by atoms with E-state index >= 15 is 0 Å². The van der Waals surface area contributed by atoms with Crippen LogP contribution in [0.15, 0.2) is 18.2 Å². The topological polar surface area (TPSA) is 51.8 Å². The first-order valence-corrected chi connectivity index (χ1v) is 6.58. The second-order valence-corrected chi connectivity index (χ2v) is 5.49. The predicted molar refractivity (Wildman–Crippen MR) is 71.2 cm³/mol. The molecule has 4 heteroatoms. The van der Waals surface area contributed by atoms with Gasteiger partial charge in [0.15, 0.2) is 0 Å².